The smallest absolute Gasteiger partial charge is 0.224 e. The molecule has 0 aromatic heterocycles. The third-order valence-corrected chi connectivity index (χ3v) is 3.97. The van der Waals surface area contributed by atoms with Gasteiger partial charge in [0.2, 0.25) is 5.91 Å². The minimum absolute atomic E-state index is 0.0238. The zero-order valence-electron chi connectivity index (χ0n) is 11.8. The molecule has 0 fully saturated rings. The van der Waals surface area contributed by atoms with Crippen LogP contribution >= 0.6 is 0 Å². The van der Waals surface area contributed by atoms with E-state index in [2.05, 4.69) is 11.4 Å². The Bertz CT molecular complexity index is 471. The Kier molecular flexibility index (Phi) is 4.10. The highest BCUT2D eigenvalue weighted by Gasteiger charge is 2.28. The van der Waals surface area contributed by atoms with Gasteiger partial charge in [-0.1, -0.05) is 19.1 Å². The Morgan fingerprint density at radius 1 is 1.47 bits per heavy atom. The summed E-state index contributed by atoms with van der Waals surface area (Å²) in [7, 11) is 1.68. The highest BCUT2D eigenvalue weighted by Crippen LogP contribution is 2.36. The first-order valence-corrected chi connectivity index (χ1v) is 6.76. The molecular formula is C15H22N2O2. The molecule has 1 aromatic rings. The summed E-state index contributed by atoms with van der Waals surface area (Å²) in [6.07, 6.45) is 1.87. The van der Waals surface area contributed by atoms with E-state index in [1.165, 1.54) is 11.1 Å². The number of amides is 1. The molecule has 4 nitrogen and oxygen atoms in total. The molecular weight excluding hydrogens is 240 g/mol. The van der Waals surface area contributed by atoms with Crippen molar-refractivity contribution >= 4 is 5.91 Å². The fourth-order valence-electron chi connectivity index (χ4n) is 2.50. The minimum atomic E-state index is -0.172. The van der Waals surface area contributed by atoms with Gasteiger partial charge in [0.05, 0.1) is 13.2 Å². The lowest BCUT2D eigenvalue weighted by Crippen LogP contribution is -2.39. The second kappa shape index (κ2) is 5.61. The highest BCUT2D eigenvalue weighted by molar-refractivity contribution is 5.79. The maximum absolute atomic E-state index is 12.1. The fourth-order valence-corrected chi connectivity index (χ4v) is 2.50. The number of rotatable bonds is 4. The summed E-state index contributed by atoms with van der Waals surface area (Å²) in [6.45, 7) is 3.72. The number of nitrogens with one attached hydrogen (secondary N) is 1. The van der Waals surface area contributed by atoms with Crippen LogP contribution in [-0.2, 0) is 11.2 Å². The van der Waals surface area contributed by atoms with E-state index in [1.54, 1.807) is 7.11 Å². The lowest BCUT2D eigenvalue weighted by Gasteiger charge is -2.20. The molecule has 0 aliphatic heterocycles. The average Bonchev–Trinajstić information content (AvgIpc) is 2.80. The number of hydrogen-bond acceptors (Lipinski definition) is 3. The van der Waals surface area contributed by atoms with Crippen molar-refractivity contribution in [3.05, 3.63) is 29.3 Å². The molecule has 1 aliphatic rings. The molecule has 2 rings (SSSR count). The second-order valence-electron chi connectivity index (χ2n) is 5.28. The van der Waals surface area contributed by atoms with Crippen molar-refractivity contribution in [1.82, 2.24) is 5.32 Å². The molecule has 0 radical (unpaired) electrons. The average molecular weight is 262 g/mol. The Hall–Kier alpha value is -1.55. The number of methoxy groups -OCH3 is 1. The van der Waals surface area contributed by atoms with Crippen LogP contribution in [-0.4, -0.2) is 19.1 Å². The Morgan fingerprint density at radius 2 is 2.21 bits per heavy atom. The first-order chi connectivity index (χ1) is 9.04. The molecule has 3 unspecified atom stereocenters. The van der Waals surface area contributed by atoms with E-state index in [-0.39, 0.29) is 23.9 Å². The van der Waals surface area contributed by atoms with Crippen LogP contribution < -0.4 is 15.8 Å². The zero-order valence-corrected chi connectivity index (χ0v) is 11.8. The number of benzene rings is 1. The van der Waals surface area contributed by atoms with Gasteiger partial charge >= 0.3 is 0 Å². The maximum atomic E-state index is 12.1. The van der Waals surface area contributed by atoms with Crippen LogP contribution in [0.15, 0.2) is 18.2 Å². The van der Waals surface area contributed by atoms with Crippen molar-refractivity contribution in [3.8, 4) is 5.75 Å². The SMILES string of the molecule is COc1cccc2c1CCC2NC(=O)C(C)C(C)N. The predicted octanol–water partition coefficient (Wildman–Crippen LogP) is 1.78. The van der Waals surface area contributed by atoms with Crippen molar-refractivity contribution in [2.75, 3.05) is 7.11 Å². The standard InChI is InChI=1S/C15H22N2O2/c1-9(10(2)16)15(18)17-13-8-7-12-11(13)5-4-6-14(12)19-3/h4-6,9-10,13H,7-8,16H2,1-3H3,(H,17,18). The number of hydrogen-bond donors (Lipinski definition) is 2. The number of carbonyl (C=O) groups excluding carboxylic acids is 1. The molecule has 3 atom stereocenters. The molecule has 4 heteroatoms. The van der Waals surface area contributed by atoms with Crippen molar-refractivity contribution in [2.45, 2.75) is 38.8 Å². The van der Waals surface area contributed by atoms with E-state index >= 15 is 0 Å². The summed E-state index contributed by atoms with van der Waals surface area (Å²) in [6, 6.07) is 5.95. The van der Waals surface area contributed by atoms with Crippen molar-refractivity contribution < 1.29 is 9.53 Å². The number of fused-ring (bicyclic) bond motifs is 1. The molecule has 1 aromatic carbocycles. The molecule has 0 saturated heterocycles. The third kappa shape index (κ3) is 2.73. The van der Waals surface area contributed by atoms with Gasteiger partial charge in [-0.15, -0.1) is 0 Å². The summed E-state index contributed by atoms with van der Waals surface area (Å²) < 4.78 is 5.36. The number of nitrogens with two attached hydrogens (primary N) is 1. The monoisotopic (exact) mass is 262 g/mol. The van der Waals surface area contributed by atoms with E-state index in [1.807, 2.05) is 26.0 Å². The minimum Gasteiger partial charge on any atom is -0.496 e. The van der Waals surface area contributed by atoms with Crippen molar-refractivity contribution in [3.63, 3.8) is 0 Å². The maximum Gasteiger partial charge on any atom is 0.224 e. The highest BCUT2D eigenvalue weighted by atomic mass is 16.5. The molecule has 0 saturated carbocycles. The van der Waals surface area contributed by atoms with Crippen molar-refractivity contribution in [1.29, 1.82) is 0 Å². The van der Waals surface area contributed by atoms with E-state index in [0.29, 0.717) is 0 Å². The largest absolute Gasteiger partial charge is 0.496 e. The van der Waals surface area contributed by atoms with Crippen LogP contribution in [0.2, 0.25) is 0 Å². The molecule has 104 valence electrons. The lowest BCUT2D eigenvalue weighted by molar-refractivity contribution is -0.125. The fraction of sp³-hybridized carbons (Fsp3) is 0.533. The van der Waals surface area contributed by atoms with Crippen LogP contribution in [0.1, 0.15) is 37.4 Å². The van der Waals surface area contributed by atoms with Crippen LogP contribution in [0, 0.1) is 5.92 Å². The summed E-state index contributed by atoms with van der Waals surface area (Å²) in [5.74, 6) is 0.764. The number of ether oxygens (including phenoxy) is 1. The summed E-state index contributed by atoms with van der Waals surface area (Å²) in [5, 5.41) is 3.09. The van der Waals surface area contributed by atoms with E-state index in [4.69, 9.17) is 10.5 Å². The van der Waals surface area contributed by atoms with E-state index < -0.39 is 0 Å². The van der Waals surface area contributed by atoms with Gasteiger partial charge in [-0.3, -0.25) is 4.79 Å². The molecule has 1 aliphatic carbocycles. The van der Waals surface area contributed by atoms with Crippen LogP contribution in [0.25, 0.3) is 0 Å². The van der Waals surface area contributed by atoms with Gasteiger partial charge in [0.25, 0.3) is 0 Å². The van der Waals surface area contributed by atoms with Crippen LogP contribution in [0.5, 0.6) is 5.75 Å². The van der Waals surface area contributed by atoms with Gasteiger partial charge in [0.15, 0.2) is 0 Å². The predicted molar refractivity (Wildman–Crippen MR) is 75.0 cm³/mol. The van der Waals surface area contributed by atoms with E-state index in [9.17, 15) is 4.79 Å². The topological polar surface area (TPSA) is 64.3 Å². The molecule has 19 heavy (non-hydrogen) atoms. The van der Waals surface area contributed by atoms with Gasteiger partial charge in [0.1, 0.15) is 5.75 Å². The molecule has 0 bridgehead atoms. The first-order valence-electron chi connectivity index (χ1n) is 6.76. The van der Waals surface area contributed by atoms with Crippen LogP contribution in [0.3, 0.4) is 0 Å². The van der Waals surface area contributed by atoms with E-state index in [0.717, 1.165) is 18.6 Å². The molecule has 1 amide bonds. The Labute approximate surface area is 114 Å². The van der Waals surface area contributed by atoms with Gasteiger partial charge in [-0.2, -0.15) is 0 Å². The number of carbonyl (C=O) groups is 1. The van der Waals surface area contributed by atoms with Crippen LogP contribution in [0.4, 0.5) is 0 Å². The molecule has 0 heterocycles. The van der Waals surface area contributed by atoms with Gasteiger partial charge in [0, 0.05) is 12.0 Å². The zero-order chi connectivity index (χ0) is 14.0. The lowest BCUT2D eigenvalue weighted by atomic mass is 10.0. The quantitative estimate of drug-likeness (QED) is 0.869. The summed E-state index contributed by atoms with van der Waals surface area (Å²) in [4.78, 5) is 12.1. The van der Waals surface area contributed by atoms with Gasteiger partial charge in [-0.25, -0.2) is 0 Å². The van der Waals surface area contributed by atoms with Gasteiger partial charge in [-0.05, 0) is 37.0 Å². The second-order valence-corrected chi connectivity index (χ2v) is 5.28. The Morgan fingerprint density at radius 3 is 2.84 bits per heavy atom. The third-order valence-electron chi connectivity index (χ3n) is 3.97. The summed E-state index contributed by atoms with van der Waals surface area (Å²) in [5.41, 5.74) is 8.15. The van der Waals surface area contributed by atoms with Gasteiger partial charge < -0.3 is 15.8 Å². The first kappa shape index (κ1) is 13.9. The molecule has 3 N–H and O–H groups in total. The van der Waals surface area contributed by atoms with Crippen molar-refractivity contribution in [2.24, 2.45) is 11.7 Å². The normalized spacial score (nSPS) is 20.5. The summed E-state index contributed by atoms with van der Waals surface area (Å²) >= 11 is 0. The Balaban J connectivity index is 2.13. The molecule has 0 spiro atoms.